The molecule has 1 aromatic heterocycles. The van der Waals surface area contributed by atoms with Crippen molar-refractivity contribution in [3.05, 3.63) is 30.1 Å². The molecule has 3 nitrogen and oxygen atoms in total. The lowest BCUT2D eigenvalue weighted by molar-refractivity contribution is -0.129. The van der Waals surface area contributed by atoms with Crippen LogP contribution in [0.3, 0.4) is 0 Å². The van der Waals surface area contributed by atoms with E-state index in [4.69, 9.17) is 11.6 Å². The zero-order valence-corrected chi connectivity index (χ0v) is 10.3. The number of carbonyl (C=O) groups is 1. The van der Waals surface area contributed by atoms with Gasteiger partial charge in [-0.3, -0.25) is 9.78 Å². The minimum atomic E-state index is 0.162. The molecule has 0 fully saturated rings. The standard InChI is InChI=1S/C12H17ClN2O/c1-15(12(16)3-2-7-13)10-6-11-4-8-14-9-5-11/h4-5,8-9H,2-3,6-7,10H2,1H3. The normalized spacial score (nSPS) is 10.1. The first-order chi connectivity index (χ1) is 7.74. The van der Waals surface area contributed by atoms with Crippen molar-refractivity contribution in [2.24, 2.45) is 0 Å². The van der Waals surface area contributed by atoms with Gasteiger partial charge in [-0.05, 0) is 30.5 Å². The number of hydrogen-bond donors (Lipinski definition) is 0. The van der Waals surface area contributed by atoms with Crippen molar-refractivity contribution in [1.82, 2.24) is 9.88 Å². The van der Waals surface area contributed by atoms with Crippen LogP contribution >= 0.6 is 11.6 Å². The Morgan fingerprint density at radius 2 is 2.12 bits per heavy atom. The van der Waals surface area contributed by atoms with Crippen molar-refractivity contribution in [2.75, 3.05) is 19.5 Å². The molecule has 1 aromatic rings. The molecule has 0 spiro atoms. The number of nitrogens with zero attached hydrogens (tertiary/aromatic N) is 2. The summed E-state index contributed by atoms with van der Waals surface area (Å²) in [5.41, 5.74) is 1.20. The van der Waals surface area contributed by atoms with E-state index in [1.165, 1.54) is 5.56 Å². The average molecular weight is 241 g/mol. The maximum atomic E-state index is 11.6. The van der Waals surface area contributed by atoms with Gasteiger partial charge in [0, 0.05) is 38.3 Å². The molecule has 4 heteroatoms. The molecule has 0 unspecified atom stereocenters. The van der Waals surface area contributed by atoms with Gasteiger partial charge in [0.15, 0.2) is 0 Å². The highest BCUT2D eigenvalue weighted by Crippen LogP contribution is 2.01. The lowest BCUT2D eigenvalue weighted by atomic mass is 10.2. The predicted octanol–water partition coefficient (Wildman–Crippen LogP) is 2.10. The Hall–Kier alpha value is -1.09. The van der Waals surface area contributed by atoms with Crippen LogP contribution in [-0.2, 0) is 11.2 Å². The molecule has 0 atom stereocenters. The Kier molecular flexibility index (Phi) is 5.86. The van der Waals surface area contributed by atoms with Crippen molar-refractivity contribution in [3.8, 4) is 0 Å². The summed E-state index contributed by atoms with van der Waals surface area (Å²) in [5.74, 6) is 0.707. The molecule has 0 aliphatic rings. The van der Waals surface area contributed by atoms with Crippen molar-refractivity contribution >= 4 is 17.5 Å². The van der Waals surface area contributed by atoms with Gasteiger partial charge in [0.25, 0.3) is 0 Å². The molecule has 1 amide bonds. The third-order valence-electron chi connectivity index (χ3n) is 2.44. The van der Waals surface area contributed by atoms with Crippen LogP contribution in [-0.4, -0.2) is 35.3 Å². The third kappa shape index (κ3) is 4.62. The molecule has 0 bridgehead atoms. The van der Waals surface area contributed by atoms with Crippen molar-refractivity contribution in [1.29, 1.82) is 0 Å². The Labute approximate surface area is 101 Å². The number of halogens is 1. The molecule has 0 aliphatic carbocycles. The lowest BCUT2D eigenvalue weighted by Crippen LogP contribution is -2.28. The smallest absolute Gasteiger partial charge is 0.222 e. The topological polar surface area (TPSA) is 33.2 Å². The summed E-state index contributed by atoms with van der Waals surface area (Å²) < 4.78 is 0. The van der Waals surface area contributed by atoms with Gasteiger partial charge >= 0.3 is 0 Å². The van der Waals surface area contributed by atoms with E-state index in [1.54, 1.807) is 17.3 Å². The van der Waals surface area contributed by atoms with Gasteiger partial charge in [-0.15, -0.1) is 11.6 Å². The summed E-state index contributed by atoms with van der Waals surface area (Å²) in [6.07, 6.45) is 5.69. The molecule has 0 saturated heterocycles. The summed E-state index contributed by atoms with van der Waals surface area (Å²) in [6.45, 7) is 0.741. The highest BCUT2D eigenvalue weighted by Gasteiger charge is 2.07. The maximum Gasteiger partial charge on any atom is 0.222 e. The van der Waals surface area contributed by atoms with E-state index < -0.39 is 0 Å². The number of likely N-dealkylation sites (N-methyl/N-ethyl adjacent to an activating group) is 1. The predicted molar refractivity (Wildman–Crippen MR) is 65.5 cm³/mol. The number of pyridine rings is 1. The van der Waals surface area contributed by atoms with Crippen LogP contribution in [0.2, 0.25) is 0 Å². The Morgan fingerprint density at radius 3 is 2.75 bits per heavy atom. The Balaban J connectivity index is 2.29. The molecular weight excluding hydrogens is 224 g/mol. The van der Waals surface area contributed by atoms with Gasteiger partial charge in [0.05, 0.1) is 0 Å². The number of rotatable bonds is 6. The summed E-state index contributed by atoms with van der Waals surface area (Å²) >= 11 is 5.55. The summed E-state index contributed by atoms with van der Waals surface area (Å²) in [4.78, 5) is 17.3. The van der Waals surface area contributed by atoms with E-state index in [9.17, 15) is 4.79 Å². The molecule has 0 radical (unpaired) electrons. The molecule has 88 valence electrons. The van der Waals surface area contributed by atoms with Gasteiger partial charge in [-0.1, -0.05) is 0 Å². The first-order valence-electron chi connectivity index (χ1n) is 5.43. The van der Waals surface area contributed by atoms with E-state index in [-0.39, 0.29) is 5.91 Å². The number of hydrogen-bond acceptors (Lipinski definition) is 2. The minimum absolute atomic E-state index is 0.162. The number of amides is 1. The summed E-state index contributed by atoms with van der Waals surface area (Å²) in [6, 6.07) is 3.94. The Morgan fingerprint density at radius 1 is 1.44 bits per heavy atom. The monoisotopic (exact) mass is 240 g/mol. The third-order valence-corrected chi connectivity index (χ3v) is 2.70. The summed E-state index contributed by atoms with van der Waals surface area (Å²) in [7, 11) is 1.83. The van der Waals surface area contributed by atoms with Gasteiger partial charge < -0.3 is 4.90 Å². The fraction of sp³-hybridized carbons (Fsp3) is 0.500. The molecule has 0 saturated carbocycles. The van der Waals surface area contributed by atoms with Crippen molar-refractivity contribution in [3.63, 3.8) is 0 Å². The van der Waals surface area contributed by atoms with Gasteiger partial charge in [0.1, 0.15) is 0 Å². The van der Waals surface area contributed by atoms with Gasteiger partial charge in [0.2, 0.25) is 5.91 Å². The van der Waals surface area contributed by atoms with Crippen LogP contribution < -0.4 is 0 Å². The van der Waals surface area contributed by atoms with Crippen LogP contribution in [0.15, 0.2) is 24.5 Å². The molecule has 1 rings (SSSR count). The SMILES string of the molecule is CN(CCc1ccncc1)C(=O)CCCCl. The molecular formula is C12H17ClN2O. The van der Waals surface area contributed by atoms with E-state index in [1.807, 2.05) is 19.2 Å². The van der Waals surface area contributed by atoms with E-state index in [0.29, 0.717) is 12.3 Å². The Bertz CT molecular complexity index is 316. The van der Waals surface area contributed by atoms with E-state index in [2.05, 4.69) is 4.98 Å². The largest absolute Gasteiger partial charge is 0.345 e. The number of carbonyl (C=O) groups excluding carboxylic acids is 1. The fourth-order valence-electron chi connectivity index (χ4n) is 1.38. The zero-order valence-electron chi connectivity index (χ0n) is 9.53. The summed E-state index contributed by atoms with van der Waals surface area (Å²) in [5, 5.41) is 0. The minimum Gasteiger partial charge on any atom is -0.345 e. The lowest BCUT2D eigenvalue weighted by Gasteiger charge is -2.16. The highest BCUT2D eigenvalue weighted by molar-refractivity contribution is 6.17. The molecule has 0 aliphatic heterocycles. The van der Waals surface area contributed by atoms with Crippen LogP contribution in [0, 0.1) is 0 Å². The highest BCUT2D eigenvalue weighted by atomic mass is 35.5. The van der Waals surface area contributed by atoms with E-state index >= 15 is 0 Å². The van der Waals surface area contributed by atoms with E-state index in [0.717, 1.165) is 19.4 Å². The zero-order chi connectivity index (χ0) is 11.8. The molecule has 0 N–H and O–H groups in total. The average Bonchev–Trinajstić information content (AvgIpc) is 2.34. The fourth-order valence-corrected chi connectivity index (χ4v) is 1.51. The second-order valence-corrected chi connectivity index (χ2v) is 4.09. The van der Waals surface area contributed by atoms with Crippen LogP contribution in [0.4, 0.5) is 0 Å². The molecule has 1 heterocycles. The van der Waals surface area contributed by atoms with Gasteiger partial charge in [-0.25, -0.2) is 0 Å². The molecule has 0 aromatic carbocycles. The quantitative estimate of drug-likeness (QED) is 0.714. The van der Waals surface area contributed by atoms with Crippen LogP contribution in [0.5, 0.6) is 0 Å². The maximum absolute atomic E-state index is 11.6. The van der Waals surface area contributed by atoms with Crippen molar-refractivity contribution in [2.45, 2.75) is 19.3 Å². The second kappa shape index (κ2) is 7.23. The van der Waals surface area contributed by atoms with Crippen LogP contribution in [0.1, 0.15) is 18.4 Å². The van der Waals surface area contributed by atoms with Crippen molar-refractivity contribution < 1.29 is 4.79 Å². The second-order valence-electron chi connectivity index (χ2n) is 3.71. The number of alkyl halides is 1. The molecule has 16 heavy (non-hydrogen) atoms. The van der Waals surface area contributed by atoms with Gasteiger partial charge in [-0.2, -0.15) is 0 Å². The number of aromatic nitrogens is 1. The van der Waals surface area contributed by atoms with Crippen LogP contribution in [0.25, 0.3) is 0 Å². The first kappa shape index (κ1) is 13.0. The first-order valence-corrected chi connectivity index (χ1v) is 5.96.